The molecule has 1 saturated heterocycles. The van der Waals surface area contributed by atoms with Crippen molar-refractivity contribution in [3.8, 4) is 11.5 Å². The molecule has 5 nitrogen and oxygen atoms in total. The average Bonchev–Trinajstić information content (AvgIpc) is 2.83. The van der Waals surface area contributed by atoms with E-state index in [-0.39, 0.29) is 11.9 Å². The summed E-state index contributed by atoms with van der Waals surface area (Å²) in [6.07, 6.45) is 2.56. The summed E-state index contributed by atoms with van der Waals surface area (Å²) < 4.78 is 17.1. The van der Waals surface area contributed by atoms with E-state index in [2.05, 4.69) is 6.92 Å². The van der Waals surface area contributed by atoms with Gasteiger partial charge in [-0.1, -0.05) is 0 Å². The molecule has 2 rings (SSSR count). The Morgan fingerprint density at radius 1 is 1.35 bits per heavy atom. The van der Waals surface area contributed by atoms with Crippen LogP contribution < -0.4 is 15.2 Å². The molecule has 1 aliphatic rings. The number of nitrogens with two attached hydrogens (primary N) is 1. The van der Waals surface area contributed by atoms with Crippen LogP contribution in [0.1, 0.15) is 32.3 Å². The first-order valence-electron chi connectivity index (χ1n) is 6.99. The summed E-state index contributed by atoms with van der Waals surface area (Å²) in [6.45, 7) is 5.04. The van der Waals surface area contributed by atoms with E-state index in [0.29, 0.717) is 36.4 Å². The van der Waals surface area contributed by atoms with Gasteiger partial charge in [0.05, 0.1) is 18.8 Å². The normalized spacial score (nSPS) is 21.7. The van der Waals surface area contributed by atoms with Gasteiger partial charge in [-0.25, -0.2) is 0 Å². The Balaban J connectivity index is 2.04. The van der Waals surface area contributed by atoms with Gasteiger partial charge >= 0.3 is 0 Å². The van der Waals surface area contributed by atoms with Crippen molar-refractivity contribution in [3.63, 3.8) is 0 Å². The summed E-state index contributed by atoms with van der Waals surface area (Å²) in [5, 5.41) is 7.46. The van der Waals surface area contributed by atoms with Crippen LogP contribution in [0.25, 0.3) is 0 Å². The van der Waals surface area contributed by atoms with E-state index in [9.17, 15) is 0 Å². The van der Waals surface area contributed by atoms with Crippen LogP contribution >= 0.6 is 0 Å². The highest BCUT2D eigenvalue weighted by molar-refractivity contribution is 5.95. The Bertz CT molecular complexity index is 476. The molecular formula is C15H22N2O3. The van der Waals surface area contributed by atoms with Gasteiger partial charge in [-0.3, -0.25) is 5.41 Å². The standard InChI is InChI=1S/C15H22N2O3/c1-3-18-14-8-11(15(16)17)5-7-13(14)19-9-12-6-4-10(2)20-12/h5,7-8,10,12H,3-4,6,9H2,1-2H3,(H3,16,17). The minimum Gasteiger partial charge on any atom is -0.490 e. The SMILES string of the molecule is CCOc1cc(C(=N)N)ccc1OCC1CCC(C)O1. The second-order valence-electron chi connectivity index (χ2n) is 4.97. The summed E-state index contributed by atoms with van der Waals surface area (Å²) in [5.41, 5.74) is 6.12. The average molecular weight is 278 g/mol. The van der Waals surface area contributed by atoms with Gasteiger partial charge in [0.2, 0.25) is 0 Å². The van der Waals surface area contributed by atoms with Crippen molar-refractivity contribution < 1.29 is 14.2 Å². The number of hydrogen-bond donors (Lipinski definition) is 2. The lowest BCUT2D eigenvalue weighted by Gasteiger charge is -2.16. The summed E-state index contributed by atoms with van der Waals surface area (Å²) >= 11 is 0. The van der Waals surface area contributed by atoms with Gasteiger partial charge in [-0.2, -0.15) is 0 Å². The number of benzene rings is 1. The summed E-state index contributed by atoms with van der Waals surface area (Å²) in [4.78, 5) is 0. The lowest BCUT2D eigenvalue weighted by Crippen LogP contribution is -2.18. The predicted molar refractivity (Wildman–Crippen MR) is 77.7 cm³/mol. The van der Waals surface area contributed by atoms with Crippen molar-refractivity contribution in [2.24, 2.45) is 5.73 Å². The zero-order valence-electron chi connectivity index (χ0n) is 12.0. The minimum atomic E-state index is 0.0189. The van der Waals surface area contributed by atoms with E-state index in [0.717, 1.165) is 12.8 Å². The van der Waals surface area contributed by atoms with E-state index in [1.807, 2.05) is 6.92 Å². The maximum atomic E-state index is 7.46. The second-order valence-corrected chi connectivity index (χ2v) is 4.97. The van der Waals surface area contributed by atoms with Crippen molar-refractivity contribution in [1.29, 1.82) is 5.41 Å². The van der Waals surface area contributed by atoms with Crippen LogP contribution in [0.5, 0.6) is 11.5 Å². The number of nitrogens with one attached hydrogen (secondary N) is 1. The molecule has 0 spiro atoms. The maximum absolute atomic E-state index is 7.46. The van der Waals surface area contributed by atoms with Gasteiger partial charge in [0.15, 0.2) is 11.5 Å². The highest BCUT2D eigenvalue weighted by atomic mass is 16.6. The van der Waals surface area contributed by atoms with E-state index < -0.39 is 0 Å². The van der Waals surface area contributed by atoms with E-state index >= 15 is 0 Å². The van der Waals surface area contributed by atoms with E-state index in [4.69, 9.17) is 25.4 Å². The van der Waals surface area contributed by atoms with Gasteiger partial charge < -0.3 is 19.9 Å². The Labute approximate surface area is 119 Å². The Kier molecular flexibility index (Phi) is 4.84. The molecule has 110 valence electrons. The Morgan fingerprint density at radius 3 is 2.75 bits per heavy atom. The molecule has 0 aliphatic carbocycles. The van der Waals surface area contributed by atoms with Crippen LogP contribution in [0.15, 0.2) is 18.2 Å². The molecule has 5 heteroatoms. The lowest BCUT2D eigenvalue weighted by molar-refractivity contribution is 0.0258. The Morgan fingerprint density at radius 2 is 2.15 bits per heavy atom. The molecule has 0 aromatic heterocycles. The third-order valence-electron chi connectivity index (χ3n) is 3.30. The quantitative estimate of drug-likeness (QED) is 0.618. The zero-order chi connectivity index (χ0) is 14.5. The van der Waals surface area contributed by atoms with Crippen molar-refractivity contribution in [1.82, 2.24) is 0 Å². The first kappa shape index (κ1) is 14.7. The molecule has 0 radical (unpaired) electrons. The van der Waals surface area contributed by atoms with Crippen molar-refractivity contribution in [2.45, 2.75) is 38.9 Å². The summed E-state index contributed by atoms with van der Waals surface area (Å²) in [7, 11) is 0. The van der Waals surface area contributed by atoms with Gasteiger partial charge in [-0.15, -0.1) is 0 Å². The fraction of sp³-hybridized carbons (Fsp3) is 0.533. The fourth-order valence-electron chi connectivity index (χ4n) is 2.25. The maximum Gasteiger partial charge on any atom is 0.161 e. The summed E-state index contributed by atoms with van der Waals surface area (Å²) in [6, 6.07) is 5.29. The van der Waals surface area contributed by atoms with Gasteiger partial charge in [0, 0.05) is 5.56 Å². The van der Waals surface area contributed by atoms with Crippen LogP contribution in [0.2, 0.25) is 0 Å². The third kappa shape index (κ3) is 3.63. The lowest BCUT2D eigenvalue weighted by atomic mass is 10.2. The van der Waals surface area contributed by atoms with Crippen molar-refractivity contribution in [2.75, 3.05) is 13.2 Å². The third-order valence-corrected chi connectivity index (χ3v) is 3.30. The number of hydrogen-bond acceptors (Lipinski definition) is 4. The highest BCUT2D eigenvalue weighted by Crippen LogP contribution is 2.29. The minimum absolute atomic E-state index is 0.0189. The second kappa shape index (κ2) is 6.61. The van der Waals surface area contributed by atoms with Crippen LogP contribution in [0, 0.1) is 5.41 Å². The number of nitrogen functional groups attached to an aromatic ring is 1. The predicted octanol–water partition coefficient (Wildman–Crippen LogP) is 2.32. The number of rotatable bonds is 6. The highest BCUT2D eigenvalue weighted by Gasteiger charge is 2.22. The van der Waals surface area contributed by atoms with E-state index in [1.165, 1.54) is 0 Å². The summed E-state index contributed by atoms with van der Waals surface area (Å²) in [5.74, 6) is 1.30. The molecule has 0 saturated carbocycles. The molecule has 1 fully saturated rings. The van der Waals surface area contributed by atoms with Crippen LogP contribution in [0.3, 0.4) is 0 Å². The van der Waals surface area contributed by atoms with Gasteiger partial charge in [0.1, 0.15) is 12.4 Å². The molecule has 3 N–H and O–H groups in total. The molecule has 2 unspecified atom stereocenters. The molecule has 2 atom stereocenters. The molecule has 20 heavy (non-hydrogen) atoms. The van der Waals surface area contributed by atoms with Crippen molar-refractivity contribution in [3.05, 3.63) is 23.8 Å². The van der Waals surface area contributed by atoms with Crippen molar-refractivity contribution >= 4 is 5.84 Å². The van der Waals surface area contributed by atoms with Gasteiger partial charge in [-0.05, 0) is 44.9 Å². The largest absolute Gasteiger partial charge is 0.490 e. The smallest absolute Gasteiger partial charge is 0.161 e. The van der Waals surface area contributed by atoms with E-state index in [1.54, 1.807) is 18.2 Å². The first-order chi connectivity index (χ1) is 9.60. The topological polar surface area (TPSA) is 77.6 Å². The van der Waals surface area contributed by atoms with Crippen LogP contribution in [-0.4, -0.2) is 31.3 Å². The first-order valence-corrected chi connectivity index (χ1v) is 6.99. The fourth-order valence-corrected chi connectivity index (χ4v) is 2.25. The Hall–Kier alpha value is -1.75. The van der Waals surface area contributed by atoms with Gasteiger partial charge in [0.25, 0.3) is 0 Å². The molecule has 1 aromatic rings. The molecule has 0 bridgehead atoms. The molecule has 1 aromatic carbocycles. The molecular weight excluding hydrogens is 256 g/mol. The zero-order valence-corrected chi connectivity index (χ0v) is 12.0. The molecule has 0 amide bonds. The number of amidine groups is 1. The molecule has 1 heterocycles. The molecule has 1 aliphatic heterocycles. The number of ether oxygens (including phenoxy) is 3. The van der Waals surface area contributed by atoms with Crippen LogP contribution in [0.4, 0.5) is 0 Å². The van der Waals surface area contributed by atoms with Crippen LogP contribution in [-0.2, 0) is 4.74 Å². The monoisotopic (exact) mass is 278 g/mol.